The van der Waals surface area contributed by atoms with Crippen molar-refractivity contribution >= 4 is 99.9 Å². The van der Waals surface area contributed by atoms with Crippen molar-refractivity contribution in [3.05, 3.63) is 93.2 Å². The number of rotatable bonds is 8. The summed E-state index contributed by atoms with van der Waals surface area (Å²) in [4.78, 5) is 16.8. The Bertz CT molecular complexity index is 2290. The molecule has 2 N–H and O–H groups in total. The van der Waals surface area contributed by atoms with Crippen LogP contribution in [0.3, 0.4) is 0 Å². The lowest BCUT2D eigenvalue weighted by Gasteiger charge is -2.12. The van der Waals surface area contributed by atoms with Gasteiger partial charge in [-0.2, -0.15) is 0 Å². The molecule has 0 unspecified atom stereocenters. The number of aromatic nitrogens is 4. The highest BCUT2D eigenvalue weighted by atomic mass is 35.5. The Balaban J connectivity index is 0.000000182. The molecule has 0 aliphatic heterocycles. The molecule has 0 atom stereocenters. The summed E-state index contributed by atoms with van der Waals surface area (Å²) in [5.74, 6) is 0.151. The molecule has 12 nitrogen and oxygen atoms in total. The summed E-state index contributed by atoms with van der Waals surface area (Å²) in [6.45, 7) is 0. The standard InChI is InChI=1S/C15H11Cl2N3O3S.C13H10ClN3O3S2/c1-23-15-14(18-10-6-2-3-7-11(10)19-15)20-24(21,22)12-8-4-5-9(16)13(12)17;1-20-13-12(15-8-4-2-3-5-9(8)16-13)17-22(18,19)11-7-6-10(14)21-11/h2-8H,1H3,(H,18,20);2-7H,1H3,(H,15,17). The van der Waals surface area contributed by atoms with Gasteiger partial charge in [0.25, 0.3) is 31.8 Å². The van der Waals surface area contributed by atoms with Gasteiger partial charge in [-0.15, -0.1) is 11.3 Å². The minimum absolute atomic E-state index is 0.0331. The third kappa shape index (κ3) is 7.35. The van der Waals surface area contributed by atoms with Gasteiger partial charge in [-0.1, -0.05) is 65.1 Å². The molecule has 0 saturated carbocycles. The number of hydrogen-bond acceptors (Lipinski definition) is 11. The van der Waals surface area contributed by atoms with Crippen molar-refractivity contribution in [2.75, 3.05) is 23.7 Å². The molecule has 6 aromatic rings. The fraction of sp³-hybridized carbons (Fsp3) is 0.0714. The summed E-state index contributed by atoms with van der Waals surface area (Å²) >= 11 is 18.6. The van der Waals surface area contributed by atoms with Crippen LogP contribution < -0.4 is 18.9 Å². The number of nitrogens with one attached hydrogen (secondary N) is 2. The van der Waals surface area contributed by atoms with E-state index in [-0.39, 0.29) is 42.5 Å². The van der Waals surface area contributed by atoms with E-state index < -0.39 is 20.0 Å². The molecule has 46 heavy (non-hydrogen) atoms. The van der Waals surface area contributed by atoms with Crippen LogP contribution in [-0.4, -0.2) is 51.0 Å². The van der Waals surface area contributed by atoms with Crippen LogP contribution in [0.4, 0.5) is 11.6 Å². The molecule has 0 bridgehead atoms. The summed E-state index contributed by atoms with van der Waals surface area (Å²) in [5.41, 5.74) is 2.28. The van der Waals surface area contributed by atoms with E-state index in [0.29, 0.717) is 26.4 Å². The Morgan fingerprint density at radius 1 is 0.609 bits per heavy atom. The van der Waals surface area contributed by atoms with E-state index in [1.54, 1.807) is 42.5 Å². The summed E-state index contributed by atoms with van der Waals surface area (Å²) in [6, 6.07) is 21.4. The molecule has 0 fully saturated rings. The fourth-order valence-corrected chi connectivity index (χ4v) is 8.12. The molecule has 6 rings (SSSR count). The molecule has 18 heteroatoms. The number of hydrogen-bond donors (Lipinski definition) is 2. The quantitative estimate of drug-likeness (QED) is 0.168. The molecule has 238 valence electrons. The summed E-state index contributed by atoms with van der Waals surface area (Å²) < 4.78 is 65.3. The predicted octanol–water partition coefficient (Wildman–Crippen LogP) is 6.90. The van der Waals surface area contributed by atoms with Crippen LogP contribution in [0.1, 0.15) is 0 Å². The normalized spacial score (nSPS) is 11.5. The number of para-hydroxylation sites is 4. The van der Waals surface area contributed by atoms with Crippen LogP contribution in [0.15, 0.2) is 88.0 Å². The maximum Gasteiger partial charge on any atom is 0.272 e. The smallest absolute Gasteiger partial charge is 0.272 e. The van der Waals surface area contributed by atoms with Crippen LogP contribution in [0.25, 0.3) is 22.1 Å². The Labute approximate surface area is 282 Å². The second-order valence-corrected chi connectivity index (χ2v) is 15.0. The first-order valence-electron chi connectivity index (χ1n) is 12.8. The molecule has 0 saturated heterocycles. The van der Waals surface area contributed by atoms with Crippen LogP contribution >= 0.6 is 46.1 Å². The fourth-order valence-electron chi connectivity index (χ4n) is 3.88. The van der Waals surface area contributed by atoms with E-state index in [0.717, 1.165) is 11.3 Å². The highest BCUT2D eigenvalue weighted by Crippen LogP contribution is 2.32. The lowest BCUT2D eigenvalue weighted by molar-refractivity contribution is 0.400. The van der Waals surface area contributed by atoms with Crippen LogP contribution in [-0.2, 0) is 20.0 Å². The number of benzene rings is 3. The van der Waals surface area contributed by atoms with Crippen LogP contribution in [0.2, 0.25) is 14.4 Å². The number of methoxy groups -OCH3 is 2. The molecule has 0 spiro atoms. The van der Waals surface area contributed by atoms with E-state index in [4.69, 9.17) is 44.3 Å². The second-order valence-electron chi connectivity index (χ2n) is 8.96. The number of fused-ring (bicyclic) bond motifs is 2. The Hall–Kier alpha value is -3.99. The van der Waals surface area contributed by atoms with Crippen LogP contribution in [0.5, 0.6) is 11.8 Å². The number of sulfonamides is 2. The third-order valence-electron chi connectivity index (χ3n) is 5.94. The van der Waals surface area contributed by atoms with Gasteiger partial charge >= 0.3 is 0 Å². The average molecular weight is 740 g/mol. The first-order chi connectivity index (χ1) is 21.9. The van der Waals surface area contributed by atoms with Gasteiger partial charge in [0.15, 0.2) is 0 Å². The first kappa shape index (κ1) is 33.4. The molecule has 3 aromatic heterocycles. The van der Waals surface area contributed by atoms with E-state index in [1.165, 1.54) is 44.6 Å². The Kier molecular flexibility index (Phi) is 10.0. The third-order valence-corrected chi connectivity index (χ3v) is 11.3. The molecule has 0 aliphatic carbocycles. The predicted molar refractivity (Wildman–Crippen MR) is 180 cm³/mol. The SMILES string of the molecule is COc1nc2ccccc2nc1NS(=O)(=O)c1ccc(Cl)s1.COc1nc2ccccc2nc1NS(=O)(=O)c1cccc(Cl)c1Cl. The lowest BCUT2D eigenvalue weighted by Crippen LogP contribution is -2.16. The average Bonchev–Trinajstić information content (AvgIpc) is 3.49. The van der Waals surface area contributed by atoms with Gasteiger partial charge < -0.3 is 9.47 Å². The van der Waals surface area contributed by atoms with E-state index in [1.807, 2.05) is 6.07 Å². The van der Waals surface area contributed by atoms with Crippen molar-refractivity contribution in [1.29, 1.82) is 0 Å². The summed E-state index contributed by atoms with van der Waals surface area (Å²) in [6.07, 6.45) is 0. The monoisotopic (exact) mass is 738 g/mol. The number of ether oxygens (including phenoxy) is 2. The van der Waals surface area contributed by atoms with E-state index >= 15 is 0 Å². The number of thiophene rings is 1. The van der Waals surface area contributed by atoms with Gasteiger partial charge in [0, 0.05) is 0 Å². The molecular weight excluding hydrogens is 719 g/mol. The highest BCUT2D eigenvalue weighted by Gasteiger charge is 2.23. The van der Waals surface area contributed by atoms with Crippen molar-refractivity contribution in [2.24, 2.45) is 0 Å². The van der Waals surface area contributed by atoms with E-state index in [9.17, 15) is 16.8 Å². The summed E-state index contributed by atoms with van der Waals surface area (Å²) in [5, 5.41) is 0.0653. The van der Waals surface area contributed by atoms with Crippen molar-refractivity contribution in [1.82, 2.24) is 19.9 Å². The van der Waals surface area contributed by atoms with Gasteiger partial charge in [-0.25, -0.2) is 36.8 Å². The highest BCUT2D eigenvalue weighted by molar-refractivity contribution is 7.94. The van der Waals surface area contributed by atoms with Gasteiger partial charge in [-0.05, 0) is 48.5 Å². The maximum atomic E-state index is 12.6. The summed E-state index contributed by atoms with van der Waals surface area (Å²) in [7, 11) is -5.03. The zero-order valence-corrected chi connectivity index (χ0v) is 28.3. The second kappa shape index (κ2) is 13.8. The topological polar surface area (TPSA) is 162 Å². The van der Waals surface area contributed by atoms with Crippen molar-refractivity contribution in [3.63, 3.8) is 0 Å². The Morgan fingerprint density at radius 3 is 1.54 bits per heavy atom. The molecule has 0 amide bonds. The maximum absolute atomic E-state index is 12.6. The zero-order valence-electron chi connectivity index (χ0n) is 23.6. The molecule has 3 heterocycles. The molecule has 3 aromatic carbocycles. The molecule has 0 aliphatic rings. The van der Waals surface area contributed by atoms with Crippen molar-refractivity contribution in [3.8, 4) is 11.8 Å². The van der Waals surface area contributed by atoms with Crippen molar-refractivity contribution < 1.29 is 26.3 Å². The van der Waals surface area contributed by atoms with Gasteiger partial charge in [0.2, 0.25) is 11.6 Å². The number of nitrogens with zero attached hydrogens (tertiary/aromatic N) is 4. The zero-order chi connectivity index (χ0) is 33.1. The Morgan fingerprint density at radius 2 is 1.09 bits per heavy atom. The largest absolute Gasteiger partial charge is 0.478 e. The first-order valence-corrected chi connectivity index (χ1v) is 17.7. The van der Waals surface area contributed by atoms with E-state index in [2.05, 4.69) is 29.4 Å². The number of anilines is 2. The molecule has 0 radical (unpaired) electrons. The van der Waals surface area contributed by atoms with Crippen molar-refractivity contribution in [2.45, 2.75) is 9.10 Å². The lowest BCUT2D eigenvalue weighted by atomic mass is 10.3. The van der Waals surface area contributed by atoms with Gasteiger partial charge in [-0.3, -0.25) is 9.44 Å². The van der Waals surface area contributed by atoms with Crippen LogP contribution in [0, 0.1) is 0 Å². The minimum atomic E-state index is -4.02. The van der Waals surface area contributed by atoms with Gasteiger partial charge in [0.1, 0.15) is 9.10 Å². The van der Waals surface area contributed by atoms with Gasteiger partial charge in [0.05, 0.1) is 50.7 Å². The number of halogens is 3. The molecular formula is C28H21Cl3N6O6S3. The minimum Gasteiger partial charge on any atom is -0.478 e.